The van der Waals surface area contributed by atoms with Crippen LogP contribution in [0.4, 0.5) is 10.3 Å². The summed E-state index contributed by atoms with van der Waals surface area (Å²) in [6, 6.07) is 4.21. The third kappa shape index (κ3) is 3.19. The number of rotatable bonds is 5. The SMILES string of the molecule is NC(=O)c1c(F)cccc1CCC(=O)Nc1ncc[nH]1. The fraction of sp³-hybridized carbons (Fsp3) is 0.154. The summed E-state index contributed by atoms with van der Waals surface area (Å²) >= 11 is 0. The summed E-state index contributed by atoms with van der Waals surface area (Å²) in [6.07, 6.45) is 3.38. The van der Waals surface area contributed by atoms with Gasteiger partial charge in [-0.25, -0.2) is 9.37 Å². The number of primary amides is 1. The summed E-state index contributed by atoms with van der Waals surface area (Å²) in [6.45, 7) is 0. The number of carbonyl (C=O) groups excluding carboxylic acids is 2. The second-order valence-electron chi connectivity index (χ2n) is 4.12. The molecule has 0 saturated carbocycles. The van der Waals surface area contributed by atoms with Gasteiger partial charge in [-0.05, 0) is 18.1 Å². The molecule has 0 radical (unpaired) electrons. The van der Waals surface area contributed by atoms with Gasteiger partial charge in [0, 0.05) is 18.8 Å². The van der Waals surface area contributed by atoms with Crippen LogP contribution in [-0.2, 0) is 11.2 Å². The maximum atomic E-state index is 13.5. The first-order valence-electron chi connectivity index (χ1n) is 5.94. The number of imidazole rings is 1. The molecular weight excluding hydrogens is 263 g/mol. The van der Waals surface area contributed by atoms with Crippen molar-refractivity contribution in [3.05, 3.63) is 47.5 Å². The molecule has 2 rings (SSSR count). The molecule has 4 N–H and O–H groups in total. The summed E-state index contributed by atoms with van der Waals surface area (Å²) in [5.74, 6) is -1.48. The number of nitrogens with two attached hydrogens (primary N) is 1. The Morgan fingerprint density at radius 2 is 2.20 bits per heavy atom. The molecule has 0 spiro atoms. The topological polar surface area (TPSA) is 101 Å². The Kier molecular flexibility index (Phi) is 4.09. The molecule has 2 amide bonds. The number of carbonyl (C=O) groups is 2. The van der Waals surface area contributed by atoms with Gasteiger partial charge in [0.25, 0.3) is 5.91 Å². The van der Waals surface area contributed by atoms with Gasteiger partial charge in [-0.3, -0.25) is 14.9 Å². The van der Waals surface area contributed by atoms with Crippen LogP contribution in [0.2, 0.25) is 0 Å². The summed E-state index contributed by atoms with van der Waals surface area (Å²) in [5.41, 5.74) is 5.38. The maximum Gasteiger partial charge on any atom is 0.251 e. The predicted octanol–water partition coefficient (Wildman–Crippen LogP) is 1.22. The van der Waals surface area contributed by atoms with E-state index >= 15 is 0 Å². The highest BCUT2D eigenvalue weighted by atomic mass is 19.1. The number of anilines is 1. The molecule has 1 aromatic carbocycles. The largest absolute Gasteiger partial charge is 0.365 e. The number of hydrogen-bond donors (Lipinski definition) is 3. The summed E-state index contributed by atoms with van der Waals surface area (Å²) in [7, 11) is 0. The molecule has 0 unspecified atom stereocenters. The lowest BCUT2D eigenvalue weighted by molar-refractivity contribution is -0.116. The molecule has 0 aliphatic rings. The molecule has 0 saturated heterocycles. The molecule has 0 fully saturated rings. The number of hydrogen-bond acceptors (Lipinski definition) is 3. The Labute approximate surface area is 114 Å². The second kappa shape index (κ2) is 5.96. The van der Waals surface area contributed by atoms with Gasteiger partial charge in [0.1, 0.15) is 5.82 Å². The van der Waals surface area contributed by atoms with Gasteiger partial charge >= 0.3 is 0 Å². The molecule has 20 heavy (non-hydrogen) atoms. The molecule has 1 aromatic heterocycles. The zero-order chi connectivity index (χ0) is 14.5. The number of aromatic amines is 1. The maximum absolute atomic E-state index is 13.5. The lowest BCUT2D eigenvalue weighted by Gasteiger charge is -2.07. The monoisotopic (exact) mass is 276 g/mol. The predicted molar refractivity (Wildman–Crippen MR) is 70.5 cm³/mol. The minimum Gasteiger partial charge on any atom is -0.365 e. The van der Waals surface area contributed by atoms with Crippen LogP contribution in [0.3, 0.4) is 0 Å². The smallest absolute Gasteiger partial charge is 0.251 e. The molecule has 0 atom stereocenters. The second-order valence-corrected chi connectivity index (χ2v) is 4.12. The van der Waals surface area contributed by atoms with Gasteiger partial charge in [0.05, 0.1) is 5.56 Å². The van der Waals surface area contributed by atoms with Gasteiger partial charge in [-0.15, -0.1) is 0 Å². The number of benzene rings is 1. The molecule has 6 nitrogen and oxygen atoms in total. The van der Waals surface area contributed by atoms with Crippen LogP contribution >= 0.6 is 0 Å². The summed E-state index contributed by atoms with van der Waals surface area (Å²) in [4.78, 5) is 29.5. The van der Waals surface area contributed by atoms with E-state index in [1.807, 2.05) is 0 Å². The van der Waals surface area contributed by atoms with E-state index in [0.717, 1.165) is 6.07 Å². The Morgan fingerprint density at radius 1 is 1.40 bits per heavy atom. The Balaban J connectivity index is 2.02. The number of aryl methyl sites for hydroxylation is 1. The lowest BCUT2D eigenvalue weighted by atomic mass is 10.0. The van der Waals surface area contributed by atoms with Crippen molar-refractivity contribution in [3.63, 3.8) is 0 Å². The van der Waals surface area contributed by atoms with Gasteiger partial charge in [-0.2, -0.15) is 0 Å². The highest BCUT2D eigenvalue weighted by Gasteiger charge is 2.14. The first kappa shape index (κ1) is 13.7. The fourth-order valence-electron chi connectivity index (χ4n) is 1.83. The number of amides is 2. The molecule has 0 bridgehead atoms. The third-order valence-corrected chi connectivity index (χ3v) is 2.72. The van der Waals surface area contributed by atoms with Crippen molar-refractivity contribution >= 4 is 17.8 Å². The van der Waals surface area contributed by atoms with Crippen LogP contribution in [0.1, 0.15) is 22.3 Å². The van der Waals surface area contributed by atoms with Crippen molar-refractivity contribution in [2.45, 2.75) is 12.8 Å². The van der Waals surface area contributed by atoms with Gasteiger partial charge < -0.3 is 10.7 Å². The number of nitrogens with zero attached hydrogens (tertiary/aromatic N) is 1. The summed E-state index contributed by atoms with van der Waals surface area (Å²) < 4.78 is 13.5. The Morgan fingerprint density at radius 3 is 2.85 bits per heavy atom. The average Bonchev–Trinajstić information content (AvgIpc) is 2.88. The number of aromatic nitrogens is 2. The molecular formula is C13H13FN4O2. The molecule has 104 valence electrons. The van der Waals surface area contributed by atoms with Crippen LogP contribution in [-0.4, -0.2) is 21.8 Å². The lowest BCUT2D eigenvalue weighted by Crippen LogP contribution is -2.18. The van der Waals surface area contributed by atoms with E-state index in [9.17, 15) is 14.0 Å². The number of H-pyrrole nitrogens is 1. The van der Waals surface area contributed by atoms with Crippen LogP contribution in [0.5, 0.6) is 0 Å². The van der Waals surface area contributed by atoms with Gasteiger partial charge in [0.15, 0.2) is 0 Å². The molecule has 0 aliphatic heterocycles. The van der Waals surface area contributed by atoms with Crippen molar-refractivity contribution in [2.75, 3.05) is 5.32 Å². The minimum atomic E-state index is -0.843. The minimum absolute atomic E-state index is 0.0877. The van der Waals surface area contributed by atoms with E-state index in [0.29, 0.717) is 11.5 Å². The zero-order valence-electron chi connectivity index (χ0n) is 10.5. The van der Waals surface area contributed by atoms with E-state index in [1.165, 1.54) is 12.3 Å². The van der Waals surface area contributed by atoms with Crippen LogP contribution in [0.25, 0.3) is 0 Å². The van der Waals surface area contributed by atoms with Gasteiger partial charge in [-0.1, -0.05) is 12.1 Å². The third-order valence-electron chi connectivity index (χ3n) is 2.72. The van der Waals surface area contributed by atoms with Crippen molar-refractivity contribution < 1.29 is 14.0 Å². The molecule has 0 aliphatic carbocycles. The highest BCUT2D eigenvalue weighted by Crippen LogP contribution is 2.15. The average molecular weight is 276 g/mol. The Hall–Kier alpha value is -2.70. The van der Waals surface area contributed by atoms with E-state index in [4.69, 9.17) is 5.73 Å². The van der Waals surface area contributed by atoms with E-state index < -0.39 is 11.7 Å². The molecule has 7 heteroatoms. The first-order chi connectivity index (χ1) is 9.58. The van der Waals surface area contributed by atoms with Crippen molar-refractivity contribution in [2.24, 2.45) is 5.73 Å². The molecule has 1 heterocycles. The standard InChI is InChI=1S/C13H13FN4O2/c14-9-3-1-2-8(11(9)12(15)20)4-5-10(19)18-13-16-6-7-17-13/h1-3,6-7H,4-5H2,(H2,15,20)(H2,16,17,18,19). The fourth-order valence-corrected chi connectivity index (χ4v) is 1.83. The van der Waals surface area contributed by atoms with Crippen molar-refractivity contribution in [1.82, 2.24) is 9.97 Å². The highest BCUT2D eigenvalue weighted by molar-refractivity contribution is 5.95. The number of nitrogens with one attached hydrogen (secondary N) is 2. The van der Waals surface area contributed by atoms with Crippen LogP contribution in [0.15, 0.2) is 30.6 Å². The van der Waals surface area contributed by atoms with E-state index in [-0.39, 0.29) is 24.3 Å². The molecule has 2 aromatic rings. The van der Waals surface area contributed by atoms with Crippen molar-refractivity contribution in [3.8, 4) is 0 Å². The van der Waals surface area contributed by atoms with E-state index in [2.05, 4.69) is 15.3 Å². The van der Waals surface area contributed by atoms with Gasteiger partial charge in [0.2, 0.25) is 11.9 Å². The van der Waals surface area contributed by atoms with Crippen LogP contribution in [0, 0.1) is 5.82 Å². The summed E-state index contributed by atoms with van der Waals surface area (Å²) in [5, 5.41) is 2.54. The quantitative estimate of drug-likeness (QED) is 0.765. The normalized spacial score (nSPS) is 10.2. The van der Waals surface area contributed by atoms with E-state index in [1.54, 1.807) is 12.3 Å². The zero-order valence-corrected chi connectivity index (χ0v) is 10.5. The van der Waals surface area contributed by atoms with Crippen LogP contribution < -0.4 is 11.1 Å². The number of halogens is 1. The van der Waals surface area contributed by atoms with Crippen molar-refractivity contribution in [1.29, 1.82) is 0 Å². The Bertz CT molecular complexity index is 625. The first-order valence-corrected chi connectivity index (χ1v) is 5.94.